The Balaban J connectivity index is 1.48. The van der Waals surface area contributed by atoms with Gasteiger partial charge in [0.1, 0.15) is 29.4 Å². The van der Waals surface area contributed by atoms with Crippen LogP contribution in [0, 0.1) is 18.7 Å². The number of hydrogen-bond donors (Lipinski definition) is 4. The third-order valence-corrected chi connectivity index (χ3v) is 6.95. The van der Waals surface area contributed by atoms with E-state index >= 15 is 0 Å². The number of fused-ring (bicyclic) bond motifs is 1. The van der Waals surface area contributed by atoms with Crippen molar-refractivity contribution in [1.82, 2.24) is 25.2 Å². The first kappa shape index (κ1) is 25.9. The number of aryl methyl sites for hydroxylation is 1. The summed E-state index contributed by atoms with van der Waals surface area (Å²) in [6, 6.07) is 2.06. The fraction of sp³-hybridized carbons (Fsp3) is 0.462. The van der Waals surface area contributed by atoms with Crippen LogP contribution in [0.3, 0.4) is 0 Å². The molecule has 38 heavy (non-hydrogen) atoms. The molecule has 11 nitrogen and oxygen atoms in total. The number of nitrogens with zero attached hydrogens (tertiary/aromatic N) is 3. The van der Waals surface area contributed by atoms with E-state index in [4.69, 9.17) is 9.47 Å². The summed E-state index contributed by atoms with van der Waals surface area (Å²) in [5.74, 6) is -0.789. The van der Waals surface area contributed by atoms with Crippen molar-refractivity contribution in [2.24, 2.45) is 5.92 Å². The van der Waals surface area contributed by atoms with Crippen molar-refractivity contribution in [3.63, 3.8) is 0 Å². The Morgan fingerprint density at radius 3 is 2.71 bits per heavy atom. The van der Waals surface area contributed by atoms with E-state index < -0.39 is 35.9 Å². The highest BCUT2D eigenvalue weighted by Crippen LogP contribution is 2.39. The van der Waals surface area contributed by atoms with Gasteiger partial charge in [0, 0.05) is 30.4 Å². The zero-order chi connectivity index (χ0) is 27.1. The maximum absolute atomic E-state index is 14.6. The number of carbonyl (C=O) groups is 2. The molecule has 12 heteroatoms. The number of aromatic nitrogens is 3. The van der Waals surface area contributed by atoms with Crippen LogP contribution in [-0.4, -0.2) is 86.9 Å². The number of aliphatic hydroxyl groups excluding tert-OH is 2. The molecule has 0 radical (unpaired) electrons. The van der Waals surface area contributed by atoms with Crippen molar-refractivity contribution in [1.29, 1.82) is 0 Å². The van der Waals surface area contributed by atoms with Crippen molar-refractivity contribution in [3.05, 3.63) is 35.5 Å². The minimum atomic E-state index is -1.20. The Morgan fingerprint density at radius 2 is 2.03 bits per heavy atom. The molecular weight excluding hydrogens is 497 g/mol. The lowest BCUT2D eigenvalue weighted by atomic mass is 10.1. The van der Waals surface area contributed by atoms with Crippen LogP contribution in [0.15, 0.2) is 18.5 Å². The number of aliphatic hydroxyl groups is 2. The lowest BCUT2D eigenvalue weighted by Crippen LogP contribution is -2.43. The maximum atomic E-state index is 14.6. The molecule has 2 aromatic heterocycles. The van der Waals surface area contributed by atoms with Gasteiger partial charge in [0.2, 0.25) is 0 Å². The van der Waals surface area contributed by atoms with E-state index in [0.717, 1.165) is 12.8 Å². The minimum absolute atomic E-state index is 0.00387. The molecule has 0 unspecified atom stereocenters. The van der Waals surface area contributed by atoms with Crippen LogP contribution in [0.4, 0.5) is 4.39 Å². The third kappa shape index (κ3) is 4.88. The summed E-state index contributed by atoms with van der Waals surface area (Å²) in [5.41, 5.74) is 2.46. The first-order chi connectivity index (χ1) is 18.2. The molecule has 1 aliphatic carbocycles. The van der Waals surface area contributed by atoms with Crippen LogP contribution in [-0.2, 0) is 4.79 Å². The number of benzene rings is 1. The fourth-order valence-electron chi connectivity index (χ4n) is 4.70. The number of likely N-dealkylation sites (tertiary alicyclic amines) is 1. The van der Waals surface area contributed by atoms with Gasteiger partial charge in [-0.1, -0.05) is 0 Å². The standard InChI is InChI=1S/C26H30FN5O6/c1-12-21(25(35)31-17-8-32(9-18(17)34)26(36)13(2)33)23-24(30-12)22(28-11-29-23)15-6-20(37-3)16(27)7-19(15)38-10-14-4-5-14/h6-7,11,13-14,17-18,30,33-34H,4-5,8-10H2,1-3H3,(H,31,35)/t13-,17+,18-/m0/s1. The molecule has 3 atom stereocenters. The van der Waals surface area contributed by atoms with Gasteiger partial charge >= 0.3 is 0 Å². The molecule has 2 amide bonds. The van der Waals surface area contributed by atoms with Crippen LogP contribution >= 0.6 is 0 Å². The van der Waals surface area contributed by atoms with Gasteiger partial charge in [0.15, 0.2) is 11.6 Å². The Labute approximate surface area is 218 Å². The highest BCUT2D eigenvalue weighted by atomic mass is 19.1. The number of H-pyrrole nitrogens is 1. The molecule has 202 valence electrons. The van der Waals surface area contributed by atoms with Crippen LogP contribution in [0.5, 0.6) is 11.5 Å². The predicted octanol–water partition coefficient (Wildman–Crippen LogP) is 1.55. The number of carbonyl (C=O) groups excluding carboxylic acids is 2. The molecule has 3 aromatic rings. The summed E-state index contributed by atoms with van der Waals surface area (Å²) >= 11 is 0. The van der Waals surface area contributed by atoms with Gasteiger partial charge in [-0.05, 0) is 38.7 Å². The molecule has 1 saturated carbocycles. The second kappa shape index (κ2) is 10.2. The first-order valence-electron chi connectivity index (χ1n) is 12.5. The smallest absolute Gasteiger partial charge is 0.255 e. The average Bonchev–Trinajstić information content (AvgIpc) is 3.55. The van der Waals surface area contributed by atoms with Crippen molar-refractivity contribution in [2.75, 3.05) is 26.8 Å². The topological polar surface area (TPSA) is 150 Å². The Morgan fingerprint density at radius 1 is 1.26 bits per heavy atom. The molecular formula is C26H30FN5O6. The van der Waals surface area contributed by atoms with Crippen LogP contribution in [0.1, 0.15) is 35.8 Å². The lowest BCUT2D eigenvalue weighted by molar-refractivity contribution is -0.138. The number of rotatable bonds is 8. The number of amides is 2. The van der Waals surface area contributed by atoms with Crippen molar-refractivity contribution >= 4 is 22.8 Å². The van der Waals surface area contributed by atoms with Crippen molar-refractivity contribution in [2.45, 2.75) is 44.9 Å². The highest BCUT2D eigenvalue weighted by Gasteiger charge is 2.37. The molecule has 1 aliphatic heterocycles. The molecule has 1 aromatic carbocycles. The third-order valence-electron chi connectivity index (χ3n) is 6.95. The number of halogens is 1. The normalized spacial score (nSPS) is 20.0. The van der Waals surface area contributed by atoms with Gasteiger partial charge in [-0.2, -0.15) is 0 Å². The molecule has 5 rings (SSSR count). The van der Waals surface area contributed by atoms with E-state index in [0.29, 0.717) is 46.3 Å². The molecule has 2 fully saturated rings. The van der Waals surface area contributed by atoms with Gasteiger partial charge in [-0.3, -0.25) is 9.59 Å². The second-order valence-electron chi connectivity index (χ2n) is 9.87. The molecule has 0 spiro atoms. The molecule has 2 aliphatic rings. The van der Waals surface area contributed by atoms with E-state index in [-0.39, 0.29) is 24.4 Å². The summed E-state index contributed by atoms with van der Waals surface area (Å²) in [5, 5.41) is 22.8. The Kier molecular flexibility index (Phi) is 6.93. The Bertz CT molecular complexity index is 1390. The van der Waals surface area contributed by atoms with Gasteiger partial charge in [-0.25, -0.2) is 14.4 Å². The van der Waals surface area contributed by atoms with Crippen molar-refractivity contribution < 1.29 is 33.7 Å². The zero-order valence-corrected chi connectivity index (χ0v) is 21.3. The summed E-state index contributed by atoms with van der Waals surface area (Å²) < 4.78 is 25.7. The second-order valence-corrected chi connectivity index (χ2v) is 9.87. The number of β-amino-alcohol motifs (C(OH)–C–C–N with tert-alkyl or cyclic N) is 1. The van der Waals surface area contributed by atoms with E-state index in [1.54, 1.807) is 6.92 Å². The number of methoxy groups -OCH3 is 1. The summed E-state index contributed by atoms with van der Waals surface area (Å²) in [7, 11) is 1.37. The average molecular weight is 528 g/mol. The fourth-order valence-corrected chi connectivity index (χ4v) is 4.70. The molecule has 0 bridgehead atoms. The number of ether oxygens (including phenoxy) is 2. The van der Waals surface area contributed by atoms with E-state index in [1.165, 1.54) is 37.4 Å². The van der Waals surface area contributed by atoms with Gasteiger partial charge in [-0.15, -0.1) is 0 Å². The number of nitrogens with one attached hydrogen (secondary N) is 2. The molecule has 1 saturated heterocycles. The summed E-state index contributed by atoms with van der Waals surface area (Å²) in [6.45, 7) is 3.60. The number of aromatic amines is 1. The quantitative estimate of drug-likeness (QED) is 0.345. The SMILES string of the molecule is COc1cc(-c2ncnc3c(C(=O)N[C@@H]4CN(C(=O)[C@H](C)O)C[C@@H]4O)c(C)[nH]c23)c(OCC2CC2)cc1F. The largest absolute Gasteiger partial charge is 0.494 e. The van der Waals surface area contributed by atoms with E-state index in [9.17, 15) is 24.2 Å². The monoisotopic (exact) mass is 527 g/mol. The summed E-state index contributed by atoms with van der Waals surface area (Å²) in [4.78, 5) is 38.7. The minimum Gasteiger partial charge on any atom is -0.494 e. The molecule has 3 heterocycles. The molecule has 4 N–H and O–H groups in total. The first-order valence-corrected chi connectivity index (χ1v) is 12.5. The Hall–Kier alpha value is -3.77. The zero-order valence-electron chi connectivity index (χ0n) is 21.3. The van der Waals surface area contributed by atoms with E-state index in [2.05, 4.69) is 20.3 Å². The lowest BCUT2D eigenvalue weighted by Gasteiger charge is -2.18. The predicted molar refractivity (Wildman–Crippen MR) is 134 cm³/mol. The maximum Gasteiger partial charge on any atom is 0.255 e. The van der Waals surface area contributed by atoms with Gasteiger partial charge in [0.25, 0.3) is 11.8 Å². The van der Waals surface area contributed by atoms with Gasteiger partial charge in [0.05, 0.1) is 36.9 Å². The van der Waals surface area contributed by atoms with E-state index in [1.807, 2.05) is 0 Å². The van der Waals surface area contributed by atoms with Crippen LogP contribution < -0.4 is 14.8 Å². The van der Waals surface area contributed by atoms with Gasteiger partial charge < -0.3 is 34.9 Å². The van der Waals surface area contributed by atoms with Crippen LogP contribution in [0.25, 0.3) is 22.3 Å². The summed E-state index contributed by atoms with van der Waals surface area (Å²) in [6.07, 6.45) is 1.26. The van der Waals surface area contributed by atoms with Crippen LogP contribution in [0.2, 0.25) is 0 Å². The van der Waals surface area contributed by atoms with Crippen molar-refractivity contribution in [3.8, 4) is 22.8 Å². The highest BCUT2D eigenvalue weighted by molar-refractivity contribution is 6.09. The number of hydrogen-bond acceptors (Lipinski definition) is 8.